The van der Waals surface area contributed by atoms with Crippen LogP contribution in [0.5, 0.6) is 11.5 Å². The maximum atomic E-state index is 11.9. The van der Waals surface area contributed by atoms with Gasteiger partial charge >= 0.3 is 24.0 Å². The highest BCUT2D eigenvalue weighted by molar-refractivity contribution is 5.75. The van der Waals surface area contributed by atoms with Crippen molar-refractivity contribution >= 4 is 58.0 Å². The number of nitrogens with one attached hydrogen (secondary N) is 2. The van der Waals surface area contributed by atoms with Crippen molar-refractivity contribution < 1.29 is 48.0 Å². The molecule has 0 saturated heterocycles. The molecule has 0 bridgehead atoms. The van der Waals surface area contributed by atoms with E-state index in [9.17, 15) is 19.2 Å². The number of carboxylic acids is 1. The average Bonchev–Trinajstić information content (AvgIpc) is 4.00. The molecule has 0 spiro atoms. The van der Waals surface area contributed by atoms with Crippen LogP contribution in [0.3, 0.4) is 0 Å². The highest BCUT2D eigenvalue weighted by Crippen LogP contribution is 2.24. The van der Waals surface area contributed by atoms with Gasteiger partial charge in [-0.25, -0.2) is 29.7 Å². The number of amides is 1. The third-order valence-corrected chi connectivity index (χ3v) is 12.2. The van der Waals surface area contributed by atoms with E-state index in [4.69, 9.17) is 38.8 Å². The Labute approximate surface area is 478 Å². The lowest BCUT2D eigenvalue weighted by Gasteiger charge is -2.19. The van der Waals surface area contributed by atoms with E-state index >= 15 is 0 Å². The standard InChI is InChI=1S/C32H39N5O5.C30H35N5O5/c1-5-40-28(38)11-8-20-41-26-18-16-25(17-19-26)37-22-34-27-21-33-31(36-30(27)37)35-24-14-12-23(13-15-24)9-6-7-10-29(39)42-32(2,3)4;1-30(2,3)40-29(38)31-16-4-6-21-8-10-22(11-9-21)18-26-32-19-25-28(34-26)35(20-33-25)23-12-14-24(15-13-23)39-17-5-7-27(36)37/h12-19,21-22H,5-11,20H2,1-4H3,(H,33,35,36);8-15,19-20H,4-7,16-18H2,1-3H3,(H,31,38)(H,36,37). The van der Waals surface area contributed by atoms with Crippen LogP contribution in [0.25, 0.3) is 33.7 Å². The second-order valence-corrected chi connectivity index (χ2v) is 21.4. The number of rotatable bonds is 26. The molecule has 8 rings (SSSR count). The number of alkyl carbamates (subject to hydrolysis) is 1. The molecule has 0 aliphatic rings. The van der Waals surface area contributed by atoms with Crippen LogP contribution < -0.4 is 20.1 Å². The number of carbonyl (C=O) groups is 4. The number of anilines is 2. The van der Waals surface area contributed by atoms with E-state index in [1.165, 1.54) is 11.1 Å². The van der Waals surface area contributed by atoms with Crippen LogP contribution in [-0.2, 0) is 47.9 Å². The molecule has 0 atom stereocenters. The fourth-order valence-corrected chi connectivity index (χ4v) is 8.31. The van der Waals surface area contributed by atoms with Crippen molar-refractivity contribution in [1.29, 1.82) is 0 Å². The Hall–Kier alpha value is -8.94. The molecule has 3 N–H and O–H groups in total. The maximum Gasteiger partial charge on any atom is 0.407 e. The number of esters is 2. The molecule has 4 heterocycles. The van der Waals surface area contributed by atoms with Gasteiger partial charge in [0.25, 0.3) is 0 Å². The molecular formula is C62H74N10O10. The van der Waals surface area contributed by atoms with Crippen molar-refractivity contribution in [3.8, 4) is 22.9 Å². The number of hydrogen-bond donors (Lipinski definition) is 3. The molecule has 1 amide bonds. The maximum absolute atomic E-state index is 11.9. The first-order valence-corrected chi connectivity index (χ1v) is 27.7. The summed E-state index contributed by atoms with van der Waals surface area (Å²) >= 11 is 0. The lowest BCUT2D eigenvalue weighted by Crippen LogP contribution is -2.33. The summed E-state index contributed by atoms with van der Waals surface area (Å²) in [6, 6.07) is 31.6. The van der Waals surface area contributed by atoms with Crippen molar-refractivity contribution in [1.82, 2.24) is 44.4 Å². The number of aryl methyl sites for hydroxylation is 2. The SMILES string of the molecule is CC(C)(C)OC(=O)NCCCc1ccc(Cc2ncc3ncn(-c4ccc(OCCCC(=O)O)cc4)c3n2)cc1.CCOC(=O)CCCOc1ccc(-n2cnc3cnc(Nc4ccc(CCCCC(=O)OC(C)(C)C)cc4)nc32)cc1. The van der Waals surface area contributed by atoms with Crippen LogP contribution in [0, 0.1) is 0 Å². The second kappa shape index (κ2) is 29.5. The van der Waals surface area contributed by atoms with Gasteiger partial charge in [0.15, 0.2) is 11.3 Å². The zero-order chi connectivity index (χ0) is 58.5. The zero-order valence-corrected chi connectivity index (χ0v) is 47.9. The monoisotopic (exact) mass is 1120 g/mol. The van der Waals surface area contributed by atoms with Gasteiger partial charge < -0.3 is 39.4 Å². The Balaban J connectivity index is 0.000000236. The summed E-state index contributed by atoms with van der Waals surface area (Å²) in [6.45, 7) is 14.7. The zero-order valence-electron chi connectivity index (χ0n) is 47.9. The van der Waals surface area contributed by atoms with E-state index in [1.807, 2.05) is 111 Å². The molecule has 20 heteroatoms. The molecule has 0 aliphatic heterocycles. The quantitative estimate of drug-likeness (QED) is 0.0259. The van der Waals surface area contributed by atoms with Crippen molar-refractivity contribution in [3.63, 3.8) is 0 Å². The Kier molecular flexibility index (Phi) is 21.8. The molecule has 4 aromatic carbocycles. The smallest absolute Gasteiger partial charge is 0.407 e. The van der Waals surface area contributed by atoms with Gasteiger partial charge in [-0.2, -0.15) is 4.98 Å². The van der Waals surface area contributed by atoms with Crippen LogP contribution in [-0.4, -0.2) is 106 Å². The number of aromatic nitrogens is 8. The molecular weight excluding hydrogens is 1040 g/mol. The molecule has 0 radical (unpaired) electrons. The highest BCUT2D eigenvalue weighted by atomic mass is 16.6. The van der Waals surface area contributed by atoms with Crippen LogP contribution in [0.1, 0.15) is 122 Å². The summed E-state index contributed by atoms with van der Waals surface area (Å²) in [5.74, 6) is 1.38. The summed E-state index contributed by atoms with van der Waals surface area (Å²) in [5, 5.41) is 14.8. The number of imidazole rings is 2. The van der Waals surface area contributed by atoms with E-state index in [0.717, 1.165) is 60.5 Å². The average molecular weight is 1120 g/mol. The molecule has 0 saturated carbocycles. The number of carboxylic acid groups (broad SMARTS) is 1. The van der Waals surface area contributed by atoms with Gasteiger partial charge in [0.1, 0.15) is 52.2 Å². The number of hydrogen-bond acceptors (Lipinski definition) is 16. The molecule has 8 aromatic rings. The first-order chi connectivity index (χ1) is 39.4. The molecule has 0 aliphatic carbocycles. The summed E-state index contributed by atoms with van der Waals surface area (Å²) in [7, 11) is 0. The van der Waals surface area contributed by atoms with Gasteiger partial charge in [-0.1, -0.05) is 36.4 Å². The lowest BCUT2D eigenvalue weighted by atomic mass is 10.1. The van der Waals surface area contributed by atoms with Crippen LogP contribution in [0.2, 0.25) is 0 Å². The predicted molar refractivity (Wildman–Crippen MR) is 312 cm³/mol. The summed E-state index contributed by atoms with van der Waals surface area (Å²) in [4.78, 5) is 73.0. The topological polar surface area (TPSA) is 246 Å². The third-order valence-electron chi connectivity index (χ3n) is 12.2. The minimum absolute atomic E-state index is 0.0837. The number of unbranched alkanes of at least 4 members (excludes halogenated alkanes) is 1. The van der Waals surface area contributed by atoms with Crippen molar-refractivity contribution in [2.24, 2.45) is 0 Å². The predicted octanol–water partition coefficient (Wildman–Crippen LogP) is 11.4. The van der Waals surface area contributed by atoms with Crippen molar-refractivity contribution in [3.05, 3.63) is 145 Å². The van der Waals surface area contributed by atoms with Crippen molar-refractivity contribution in [2.45, 2.75) is 130 Å². The van der Waals surface area contributed by atoms with E-state index in [0.29, 0.717) is 98.3 Å². The number of carbonyl (C=O) groups excluding carboxylic acids is 3. The largest absolute Gasteiger partial charge is 0.494 e. The minimum Gasteiger partial charge on any atom is -0.494 e. The highest BCUT2D eigenvalue weighted by Gasteiger charge is 2.18. The Morgan fingerprint density at radius 2 is 1.09 bits per heavy atom. The van der Waals surface area contributed by atoms with Crippen molar-refractivity contribution in [2.75, 3.05) is 31.7 Å². The number of aliphatic carboxylic acids is 1. The van der Waals surface area contributed by atoms with E-state index < -0.39 is 23.3 Å². The second-order valence-electron chi connectivity index (χ2n) is 21.4. The fourth-order valence-electron chi connectivity index (χ4n) is 8.31. The van der Waals surface area contributed by atoms with Gasteiger partial charge in [-0.15, -0.1) is 0 Å². The first-order valence-electron chi connectivity index (χ1n) is 27.7. The van der Waals surface area contributed by atoms with Crippen LogP contribution >= 0.6 is 0 Å². The van der Waals surface area contributed by atoms with Crippen LogP contribution in [0.4, 0.5) is 16.4 Å². The molecule has 0 fully saturated rings. The number of fused-ring (bicyclic) bond motifs is 2. The van der Waals surface area contributed by atoms with E-state index in [2.05, 4.69) is 67.0 Å². The van der Waals surface area contributed by atoms with E-state index in [1.54, 1.807) is 32.0 Å². The van der Waals surface area contributed by atoms with Gasteiger partial charge in [0, 0.05) is 49.3 Å². The molecule has 4 aromatic heterocycles. The molecule has 432 valence electrons. The third kappa shape index (κ3) is 20.0. The number of ether oxygens (including phenoxy) is 5. The van der Waals surface area contributed by atoms with Crippen LogP contribution in [0.15, 0.2) is 122 Å². The number of nitrogens with zero attached hydrogens (tertiary/aromatic N) is 8. The van der Waals surface area contributed by atoms with E-state index in [-0.39, 0.29) is 18.4 Å². The first kappa shape index (κ1) is 60.7. The minimum atomic E-state index is -0.828. The summed E-state index contributed by atoms with van der Waals surface area (Å²) < 4.78 is 30.7. The summed E-state index contributed by atoms with van der Waals surface area (Å²) in [6.07, 6.45) is 13.2. The van der Waals surface area contributed by atoms with Gasteiger partial charge in [0.2, 0.25) is 5.95 Å². The van der Waals surface area contributed by atoms with Gasteiger partial charge in [-0.05, 0) is 171 Å². The molecule has 0 unspecified atom stereocenters. The molecule has 82 heavy (non-hydrogen) atoms. The van der Waals surface area contributed by atoms with Gasteiger partial charge in [-0.3, -0.25) is 23.5 Å². The lowest BCUT2D eigenvalue weighted by molar-refractivity contribution is -0.155. The Morgan fingerprint density at radius 1 is 0.561 bits per heavy atom. The molecule has 20 nitrogen and oxygen atoms in total. The fraction of sp³-hybridized carbons (Fsp3) is 0.387. The van der Waals surface area contributed by atoms with Gasteiger partial charge in [0.05, 0.1) is 32.2 Å². The summed E-state index contributed by atoms with van der Waals surface area (Å²) in [5.41, 5.74) is 7.98. The Bertz CT molecular complexity index is 3330. The normalized spacial score (nSPS) is 11.4. The Morgan fingerprint density at radius 3 is 1.66 bits per heavy atom. The number of benzene rings is 4.